The van der Waals surface area contributed by atoms with Crippen molar-refractivity contribution in [3.63, 3.8) is 0 Å². The van der Waals surface area contributed by atoms with Gasteiger partial charge in [-0.15, -0.1) is 13.2 Å². The van der Waals surface area contributed by atoms with Gasteiger partial charge in [-0.05, 0) is 35.3 Å². The Morgan fingerprint density at radius 1 is 1.19 bits per heavy atom. The van der Waals surface area contributed by atoms with Crippen molar-refractivity contribution in [2.24, 2.45) is 11.1 Å². The lowest BCUT2D eigenvalue weighted by Crippen LogP contribution is -2.38. The van der Waals surface area contributed by atoms with Gasteiger partial charge in [0.15, 0.2) is 5.76 Å². The Balaban J connectivity index is 1.54. The van der Waals surface area contributed by atoms with Gasteiger partial charge in [-0.2, -0.15) is 0 Å². The SMILES string of the molecule is C=C/C=C1/ON=C(OCCN2CCOCC2)C1C=CCc1ccc(OC(F)(F)F)cc1. The summed E-state index contributed by atoms with van der Waals surface area (Å²) in [6.07, 6.45) is 2.95. The highest BCUT2D eigenvalue weighted by molar-refractivity contribution is 5.84. The molecule has 2 heterocycles. The second-order valence-electron chi connectivity index (χ2n) is 6.93. The Bertz CT molecular complexity index is 813. The van der Waals surface area contributed by atoms with Crippen LogP contribution in [0.5, 0.6) is 5.75 Å². The van der Waals surface area contributed by atoms with Gasteiger partial charge in [0.2, 0.25) is 5.90 Å². The molecule has 0 amide bonds. The van der Waals surface area contributed by atoms with E-state index in [0.29, 0.717) is 24.7 Å². The van der Waals surface area contributed by atoms with E-state index in [1.54, 1.807) is 24.3 Å². The lowest BCUT2D eigenvalue weighted by molar-refractivity contribution is -0.274. The van der Waals surface area contributed by atoms with Crippen LogP contribution in [0.3, 0.4) is 0 Å². The molecule has 1 aromatic rings. The molecule has 1 saturated heterocycles. The third-order valence-electron chi connectivity index (χ3n) is 4.70. The third kappa shape index (κ3) is 7.45. The van der Waals surface area contributed by atoms with E-state index in [1.165, 1.54) is 12.1 Å². The van der Waals surface area contributed by atoms with Gasteiger partial charge in [0.25, 0.3) is 0 Å². The van der Waals surface area contributed by atoms with Crippen molar-refractivity contribution in [3.05, 3.63) is 66.5 Å². The fourth-order valence-electron chi connectivity index (χ4n) is 3.15. The summed E-state index contributed by atoms with van der Waals surface area (Å²) in [6.45, 7) is 8.15. The van der Waals surface area contributed by atoms with Gasteiger partial charge in [0.05, 0.1) is 13.2 Å². The van der Waals surface area contributed by atoms with Crippen LogP contribution in [0.2, 0.25) is 0 Å². The third-order valence-corrected chi connectivity index (χ3v) is 4.70. The quantitative estimate of drug-likeness (QED) is 0.573. The van der Waals surface area contributed by atoms with E-state index >= 15 is 0 Å². The molecule has 3 rings (SSSR count). The summed E-state index contributed by atoms with van der Waals surface area (Å²) in [5.41, 5.74) is 0.839. The predicted octanol–water partition coefficient (Wildman–Crippen LogP) is 4.06. The minimum Gasteiger partial charge on any atom is -0.477 e. The number of allylic oxidation sites excluding steroid dienone is 3. The molecule has 0 N–H and O–H groups in total. The maximum atomic E-state index is 12.3. The number of morpholine rings is 1. The van der Waals surface area contributed by atoms with Crippen molar-refractivity contribution >= 4 is 5.90 Å². The Morgan fingerprint density at radius 3 is 2.61 bits per heavy atom. The molecule has 168 valence electrons. The molecule has 31 heavy (non-hydrogen) atoms. The summed E-state index contributed by atoms with van der Waals surface area (Å²) in [5, 5.41) is 4.03. The van der Waals surface area contributed by atoms with Crippen LogP contribution >= 0.6 is 0 Å². The lowest BCUT2D eigenvalue weighted by atomic mass is 10.0. The number of halogens is 3. The molecule has 2 aliphatic heterocycles. The van der Waals surface area contributed by atoms with Crippen molar-refractivity contribution in [3.8, 4) is 5.75 Å². The van der Waals surface area contributed by atoms with Crippen molar-refractivity contribution in [2.75, 3.05) is 39.5 Å². The number of benzene rings is 1. The van der Waals surface area contributed by atoms with Gasteiger partial charge >= 0.3 is 6.36 Å². The molecule has 0 radical (unpaired) electrons. The molecule has 0 spiro atoms. The van der Waals surface area contributed by atoms with Crippen LogP contribution in [0.25, 0.3) is 0 Å². The van der Waals surface area contributed by atoms with E-state index < -0.39 is 6.36 Å². The van der Waals surface area contributed by atoms with Crippen LogP contribution < -0.4 is 4.74 Å². The van der Waals surface area contributed by atoms with Gasteiger partial charge in [-0.25, -0.2) is 0 Å². The first-order valence-corrected chi connectivity index (χ1v) is 9.96. The fraction of sp³-hybridized carbons (Fsp3) is 0.409. The van der Waals surface area contributed by atoms with Crippen LogP contribution in [0.4, 0.5) is 13.2 Å². The van der Waals surface area contributed by atoms with Crippen molar-refractivity contribution < 1.29 is 32.2 Å². The first-order chi connectivity index (χ1) is 14.9. The highest BCUT2D eigenvalue weighted by atomic mass is 19.4. The van der Waals surface area contributed by atoms with Gasteiger partial charge in [-0.3, -0.25) is 4.90 Å². The average Bonchev–Trinajstić information content (AvgIpc) is 3.11. The molecule has 1 aromatic carbocycles. The molecule has 0 aliphatic carbocycles. The lowest BCUT2D eigenvalue weighted by Gasteiger charge is -2.26. The number of ether oxygens (including phenoxy) is 3. The first kappa shape index (κ1) is 22.9. The summed E-state index contributed by atoms with van der Waals surface area (Å²) in [5.74, 6) is 0.535. The number of hydrogen-bond donors (Lipinski definition) is 0. The molecule has 0 aromatic heterocycles. The first-order valence-electron chi connectivity index (χ1n) is 9.96. The highest BCUT2D eigenvalue weighted by Crippen LogP contribution is 2.26. The van der Waals surface area contributed by atoms with Crippen LogP contribution in [0, 0.1) is 5.92 Å². The number of nitrogens with zero attached hydrogens (tertiary/aromatic N) is 2. The zero-order valence-electron chi connectivity index (χ0n) is 17.0. The minimum atomic E-state index is -4.70. The topological polar surface area (TPSA) is 52.5 Å². The highest BCUT2D eigenvalue weighted by Gasteiger charge is 2.31. The van der Waals surface area contributed by atoms with Crippen molar-refractivity contribution in [1.29, 1.82) is 0 Å². The Labute approximate surface area is 179 Å². The molecule has 0 saturated carbocycles. The van der Waals surface area contributed by atoms with Crippen molar-refractivity contribution in [1.82, 2.24) is 4.90 Å². The van der Waals surface area contributed by atoms with Crippen molar-refractivity contribution in [2.45, 2.75) is 12.8 Å². The number of hydrogen-bond acceptors (Lipinski definition) is 6. The van der Waals surface area contributed by atoms with E-state index in [1.807, 2.05) is 12.2 Å². The summed E-state index contributed by atoms with van der Waals surface area (Å²) in [7, 11) is 0. The average molecular weight is 438 g/mol. The van der Waals surface area contributed by atoms with Crippen LogP contribution in [0.1, 0.15) is 5.56 Å². The number of alkyl halides is 3. The molecule has 0 bridgehead atoms. The number of rotatable bonds is 8. The smallest absolute Gasteiger partial charge is 0.477 e. The van der Waals surface area contributed by atoms with Gasteiger partial charge < -0.3 is 19.0 Å². The van der Waals surface area contributed by atoms with E-state index in [0.717, 1.165) is 38.4 Å². The molecule has 6 nitrogen and oxygen atoms in total. The second-order valence-corrected chi connectivity index (χ2v) is 6.93. The largest absolute Gasteiger partial charge is 0.573 e. The molecular formula is C22H25F3N2O4. The van der Waals surface area contributed by atoms with Gasteiger partial charge in [0.1, 0.15) is 18.3 Å². The van der Waals surface area contributed by atoms with Gasteiger partial charge in [0, 0.05) is 19.6 Å². The molecule has 1 atom stereocenters. The Hall–Kier alpha value is -2.78. The maximum absolute atomic E-state index is 12.3. The van der Waals surface area contributed by atoms with Crippen LogP contribution in [-0.4, -0.2) is 56.6 Å². The molecule has 9 heteroatoms. The molecule has 1 fully saturated rings. The number of oxime groups is 1. The summed E-state index contributed by atoms with van der Waals surface area (Å²) in [4.78, 5) is 7.63. The van der Waals surface area contributed by atoms with E-state index in [-0.39, 0.29) is 11.7 Å². The monoisotopic (exact) mass is 438 g/mol. The Morgan fingerprint density at radius 2 is 1.94 bits per heavy atom. The van der Waals surface area contributed by atoms with Crippen LogP contribution in [-0.2, 0) is 20.7 Å². The van der Waals surface area contributed by atoms with Gasteiger partial charge in [-0.1, -0.05) is 36.9 Å². The van der Waals surface area contributed by atoms with Crippen LogP contribution in [0.15, 0.2) is 66.1 Å². The zero-order valence-corrected chi connectivity index (χ0v) is 17.0. The summed E-state index contributed by atoms with van der Waals surface area (Å²) < 4.78 is 51.9. The van der Waals surface area contributed by atoms with E-state index in [2.05, 4.69) is 21.4 Å². The predicted molar refractivity (Wildman–Crippen MR) is 109 cm³/mol. The molecule has 1 unspecified atom stereocenters. The minimum absolute atomic E-state index is 0.247. The maximum Gasteiger partial charge on any atom is 0.573 e. The molecular weight excluding hydrogens is 413 g/mol. The summed E-state index contributed by atoms with van der Waals surface area (Å²) >= 11 is 0. The van der Waals surface area contributed by atoms with E-state index in [9.17, 15) is 13.2 Å². The standard InChI is InChI=1S/C22H25F3N2O4/c1-2-4-20-19(21(26-31-20)29-16-13-27-11-14-28-15-12-27)6-3-5-17-7-9-18(10-8-17)30-22(23,24)25/h2-4,6-10,19H,1,5,11-16H2/b6-3?,20-4+. The Kier molecular flexibility index (Phi) is 8.13. The zero-order chi connectivity index (χ0) is 22.1. The second kappa shape index (κ2) is 11.0. The fourth-order valence-corrected chi connectivity index (χ4v) is 3.15. The normalized spacial score (nSPS) is 21.2. The van der Waals surface area contributed by atoms with E-state index in [4.69, 9.17) is 14.3 Å². The molecule has 2 aliphatic rings. The summed E-state index contributed by atoms with van der Waals surface area (Å²) in [6, 6.07) is 5.76.